The van der Waals surface area contributed by atoms with Crippen LogP contribution in [0.1, 0.15) is 43.6 Å². The van der Waals surface area contributed by atoms with Gasteiger partial charge in [-0.15, -0.1) is 0 Å². The molecule has 1 heterocycles. The predicted molar refractivity (Wildman–Crippen MR) is 89.4 cm³/mol. The lowest BCUT2D eigenvalue weighted by Gasteiger charge is -2.32. The highest BCUT2D eigenvalue weighted by molar-refractivity contribution is 6.52. The van der Waals surface area contributed by atoms with Crippen LogP contribution < -0.4 is 4.74 Å². The highest BCUT2D eigenvalue weighted by atomic mass is 16.7. The van der Waals surface area contributed by atoms with Crippen molar-refractivity contribution in [1.29, 1.82) is 0 Å². The number of methoxy groups -OCH3 is 2. The number of hydrogen-bond donors (Lipinski definition) is 0. The summed E-state index contributed by atoms with van der Waals surface area (Å²) < 4.78 is 21.9. The summed E-state index contributed by atoms with van der Waals surface area (Å²) in [5.41, 5.74) is 0.522. The second-order valence-electron chi connectivity index (χ2n) is 6.43. The summed E-state index contributed by atoms with van der Waals surface area (Å²) in [5.74, 6) is 2.03. The van der Waals surface area contributed by atoms with Gasteiger partial charge in [-0.25, -0.2) is 4.79 Å². The predicted octanol–water partition coefficient (Wildman–Crippen LogP) is 3.13. The molecule has 5 nitrogen and oxygen atoms in total. The molecule has 124 valence electrons. The van der Waals surface area contributed by atoms with E-state index in [1.807, 2.05) is 39.7 Å². The van der Waals surface area contributed by atoms with E-state index in [1.54, 1.807) is 25.3 Å². The Morgan fingerprint density at radius 3 is 2.26 bits per heavy atom. The Morgan fingerprint density at radius 2 is 1.74 bits per heavy atom. The largest absolute Gasteiger partial charge is 0.496 e. The zero-order chi connectivity index (χ0) is 17.3. The van der Waals surface area contributed by atoms with Crippen molar-refractivity contribution in [2.24, 2.45) is 0 Å². The number of benzene rings is 1. The van der Waals surface area contributed by atoms with Crippen LogP contribution in [0.2, 0.25) is 0 Å². The molecule has 0 aromatic heterocycles. The van der Waals surface area contributed by atoms with Crippen molar-refractivity contribution in [2.45, 2.75) is 38.9 Å². The molecule has 0 bridgehead atoms. The fourth-order valence-electron chi connectivity index (χ4n) is 2.24. The van der Waals surface area contributed by atoms with Gasteiger partial charge in [-0.05, 0) is 39.8 Å². The molecule has 1 aliphatic heterocycles. The van der Waals surface area contributed by atoms with Gasteiger partial charge in [0.25, 0.3) is 0 Å². The number of carbonyl (C=O) groups excluding carboxylic acids is 1. The van der Waals surface area contributed by atoms with Crippen LogP contribution in [0.25, 0.3) is 6.08 Å². The Labute approximate surface area is 137 Å². The van der Waals surface area contributed by atoms with E-state index in [0.717, 1.165) is 5.56 Å². The lowest BCUT2D eigenvalue weighted by molar-refractivity contribution is 0.00578. The molecule has 1 aromatic rings. The van der Waals surface area contributed by atoms with Gasteiger partial charge < -0.3 is 18.8 Å². The first-order chi connectivity index (χ1) is 10.7. The molecule has 0 aliphatic carbocycles. The molecular formula is C17H23BO5. The third-order valence-corrected chi connectivity index (χ3v) is 4.36. The van der Waals surface area contributed by atoms with Crippen LogP contribution in [0.15, 0.2) is 24.2 Å². The van der Waals surface area contributed by atoms with Gasteiger partial charge in [0.2, 0.25) is 0 Å². The van der Waals surface area contributed by atoms with Gasteiger partial charge in [-0.3, -0.25) is 0 Å². The zero-order valence-corrected chi connectivity index (χ0v) is 14.5. The number of carbonyl (C=O) groups is 1. The zero-order valence-electron chi connectivity index (χ0n) is 14.5. The average molecular weight is 318 g/mol. The first kappa shape index (κ1) is 17.6. The molecule has 1 fully saturated rings. The maximum Gasteiger partial charge on any atom is 0.487 e. The Kier molecular flexibility index (Phi) is 4.87. The van der Waals surface area contributed by atoms with E-state index in [-0.39, 0.29) is 11.2 Å². The van der Waals surface area contributed by atoms with E-state index in [2.05, 4.69) is 0 Å². The average Bonchev–Trinajstić information content (AvgIpc) is 2.71. The van der Waals surface area contributed by atoms with Gasteiger partial charge in [0.1, 0.15) is 5.75 Å². The number of ether oxygens (including phenoxy) is 2. The molecule has 23 heavy (non-hydrogen) atoms. The summed E-state index contributed by atoms with van der Waals surface area (Å²) in [4.78, 5) is 11.6. The molecule has 0 radical (unpaired) electrons. The molecule has 0 atom stereocenters. The van der Waals surface area contributed by atoms with Crippen LogP contribution in [0.4, 0.5) is 0 Å². The van der Waals surface area contributed by atoms with Crippen LogP contribution in [0.3, 0.4) is 0 Å². The minimum atomic E-state index is -0.426. The Morgan fingerprint density at radius 1 is 1.13 bits per heavy atom. The van der Waals surface area contributed by atoms with Gasteiger partial charge in [0, 0.05) is 5.56 Å². The second kappa shape index (κ2) is 6.38. The SMILES string of the molecule is COC(=O)c1ccc(/C=C/B2OC(C)(C)C(C)(C)O2)c(OC)c1. The molecule has 0 saturated carbocycles. The number of esters is 1. The second-order valence-corrected chi connectivity index (χ2v) is 6.43. The molecule has 1 aromatic carbocycles. The molecule has 0 N–H and O–H groups in total. The molecule has 6 heteroatoms. The van der Waals surface area contributed by atoms with Crippen molar-refractivity contribution in [2.75, 3.05) is 14.2 Å². The first-order valence-corrected chi connectivity index (χ1v) is 7.50. The summed E-state index contributed by atoms with van der Waals surface area (Å²) in [6, 6.07) is 5.14. The monoisotopic (exact) mass is 318 g/mol. The van der Waals surface area contributed by atoms with E-state index in [1.165, 1.54) is 7.11 Å². The Balaban J connectivity index is 2.19. The van der Waals surface area contributed by atoms with E-state index < -0.39 is 13.1 Å². The molecule has 1 saturated heterocycles. The molecular weight excluding hydrogens is 295 g/mol. The van der Waals surface area contributed by atoms with Crippen molar-refractivity contribution in [3.05, 3.63) is 35.3 Å². The highest BCUT2D eigenvalue weighted by Gasteiger charge is 2.50. The number of hydrogen-bond acceptors (Lipinski definition) is 5. The van der Waals surface area contributed by atoms with Crippen LogP contribution in [-0.2, 0) is 14.0 Å². The third kappa shape index (κ3) is 3.59. The standard InChI is InChI=1S/C17H23BO5/c1-16(2)17(3,4)23-18(22-16)10-9-12-7-8-13(15(19)21-6)11-14(12)20-5/h7-11H,1-6H3/b10-9+. The fourth-order valence-corrected chi connectivity index (χ4v) is 2.24. The third-order valence-electron chi connectivity index (χ3n) is 4.36. The molecule has 0 unspecified atom stereocenters. The van der Waals surface area contributed by atoms with Crippen LogP contribution in [0, 0.1) is 0 Å². The summed E-state index contributed by atoms with van der Waals surface area (Å²) in [6.07, 6.45) is 1.86. The lowest BCUT2D eigenvalue weighted by Crippen LogP contribution is -2.41. The van der Waals surface area contributed by atoms with Crippen LogP contribution in [-0.4, -0.2) is 38.5 Å². The van der Waals surface area contributed by atoms with E-state index in [0.29, 0.717) is 11.3 Å². The quantitative estimate of drug-likeness (QED) is 0.630. The molecule has 0 spiro atoms. The normalized spacial score (nSPS) is 19.1. The summed E-state index contributed by atoms with van der Waals surface area (Å²) >= 11 is 0. The van der Waals surface area contributed by atoms with E-state index in [4.69, 9.17) is 18.8 Å². The Bertz CT molecular complexity index is 605. The topological polar surface area (TPSA) is 54.0 Å². The van der Waals surface area contributed by atoms with Crippen molar-refractivity contribution >= 4 is 19.2 Å². The smallest absolute Gasteiger partial charge is 0.487 e. The van der Waals surface area contributed by atoms with E-state index in [9.17, 15) is 4.79 Å². The van der Waals surface area contributed by atoms with Crippen molar-refractivity contribution < 1.29 is 23.6 Å². The molecule has 2 rings (SSSR count). The van der Waals surface area contributed by atoms with E-state index >= 15 is 0 Å². The maximum absolute atomic E-state index is 11.6. The summed E-state index contributed by atoms with van der Waals surface area (Å²) in [7, 11) is 2.48. The first-order valence-electron chi connectivity index (χ1n) is 7.50. The minimum absolute atomic E-state index is 0.374. The summed E-state index contributed by atoms with van der Waals surface area (Å²) in [5, 5.41) is 0. The molecule has 0 amide bonds. The summed E-state index contributed by atoms with van der Waals surface area (Å²) in [6.45, 7) is 8.03. The molecule has 1 aliphatic rings. The van der Waals surface area contributed by atoms with Gasteiger partial charge in [0.05, 0.1) is 31.0 Å². The van der Waals surface area contributed by atoms with Crippen molar-refractivity contribution in [3.8, 4) is 5.75 Å². The van der Waals surface area contributed by atoms with Gasteiger partial charge >= 0.3 is 13.1 Å². The van der Waals surface area contributed by atoms with Gasteiger partial charge in [-0.1, -0.05) is 18.1 Å². The minimum Gasteiger partial charge on any atom is -0.496 e. The number of rotatable bonds is 4. The van der Waals surface area contributed by atoms with Crippen LogP contribution in [0.5, 0.6) is 5.75 Å². The highest BCUT2D eigenvalue weighted by Crippen LogP contribution is 2.37. The van der Waals surface area contributed by atoms with Crippen molar-refractivity contribution in [1.82, 2.24) is 0 Å². The van der Waals surface area contributed by atoms with Crippen molar-refractivity contribution in [3.63, 3.8) is 0 Å². The van der Waals surface area contributed by atoms with Crippen LogP contribution >= 0.6 is 0 Å². The fraction of sp³-hybridized carbons (Fsp3) is 0.471. The van der Waals surface area contributed by atoms with Gasteiger partial charge in [-0.2, -0.15) is 0 Å². The Hall–Kier alpha value is -1.79. The lowest BCUT2D eigenvalue weighted by atomic mass is 9.89. The maximum atomic E-state index is 11.6. The van der Waals surface area contributed by atoms with Gasteiger partial charge in [0.15, 0.2) is 0 Å².